The van der Waals surface area contributed by atoms with Crippen LogP contribution in [-0.4, -0.2) is 6.54 Å². The van der Waals surface area contributed by atoms with E-state index in [1.54, 1.807) is 22.7 Å². The van der Waals surface area contributed by atoms with Gasteiger partial charge in [0.2, 0.25) is 0 Å². The number of hydrogen-bond acceptors (Lipinski definition) is 4. The molecule has 0 aliphatic carbocycles. The third kappa shape index (κ3) is 1.31. The van der Waals surface area contributed by atoms with Crippen LogP contribution in [0.5, 0.6) is 5.75 Å². The molecule has 2 nitrogen and oxygen atoms in total. The van der Waals surface area contributed by atoms with Gasteiger partial charge in [-0.15, -0.1) is 22.7 Å². The molecule has 1 unspecified atom stereocenters. The van der Waals surface area contributed by atoms with Crippen LogP contribution in [0.25, 0.3) is 0 Å². The molecule has 4 heteroatoms. The van der Waals surface area contributed by atoms with Crippen molar-refractivity contribution in [1.29, 1.82) is 0 Å². The number of ether oxygens (including phenoxy) is 1. The average Bonchev–Trinajstić information content (AvgIpc) is 2.88. The summed E-state index contributed by atoms with van der Waals surface area (Å²) in [6.07, 6.45) is 0.178. The van der Waals surface area contributed by atoms with Gasteiger partial charge in [-0.05, 0) is 11.4 Å². The largest absolute Gasteiger partial charge is 0.480 e. The van der Waals surface area contributed by atoms with Crippen molar-refractivity contribution >= 4 is 28.4 Å². The van der Waals surface area contributed by atoms with Crippen LogP contribution in [0.3, 0.4) is 0 Å². The molecule has 0 saturated heterocycles. The summed E-state index contributed by atoms with van der Waals surface area (Å²) in [7, 11) is 0. The third-order valence-corrected chi connectivity index (χ3v) is 3.92. The van der Waals surface area contributed by atoms with E-state index in [0.29, 0.717) is 0 Å². The van der Waals surface area contributed by atoms with Crippen LogP contribution in [0.1, 0.15) is 11.0 Å². The molecule has 0 bridgehead atoms. The number of nitrogens with one attached hydrogen (secondary N) is 1. The lowest BCUT2D eigenvalue weighted by Crippen LogP contribution is -2.21. The first-order chi connectivity index (χ1) is 6.93. The van der Waals surface area contributed by atoms with Crippen molar-refractivity contribution in [1.82, 2.24) is 0 Å². The second-order valence-corrected chi connectivity index (χ2v) is 4.88. The Bertz CT molecular complexity index is 421. The zero-order valence-electron chi connectivity index (χ0n) is 7.40. The van der Waals surface area contributed by atoms with Crippen LogP contribution in [0, 0.1) is 0 Å². The molecule has 0 spiro atoms. The average molecular weight is 223 g/mol. The van der Waals surface area contributed by atoms with Gasteiger partial charge < -0.3 is 10.1 Å². The van der Waals surface area contributed by atoms with Crippen molar-refractivity contribution in [3.8, 4) is 5.75 Å². The van der Waals surface area contributed by atoms with E-state index in [1.165, 1.54) is 4.88 Å². The van der Waals surface area contributed by atoms with Crippen molar-refractivity contribution in [2.24, 2.45) is 0 Å². The molecule has 2 aromatic rings. The fourth-order valence-corrected chi connectivity index (χ4v) is 3.00. The monoisotopic (exact) mass is 223 g/mol. The van der Waals surface area contributed by atoms with Gasteiger partial charge in [0.1, 0.15) is 0 Å². The second kappa shape index (κ2) is 3.29. The Balaban J connectivity index is 1.88. The summed E-state index contributed by atoms with van der Waals surface area (Å²) >= 11 is 3.42. The van der Waals surface area contributed by atoms with Crippen LogP contribution in [0.2, 0.25) is 0 Å². The molecule has 1 atom stereocenters. The van der Waals surface area contributed by atoms with Gasteiger partial charge in [0, 0.05) is 15.6 Å². The van der Waals surface area contributed by atoms with Gasteiger partial charge in [0.05, 0.1) is 12.2 Å². The molecule has 0 saturated carbocycles. The maximum Gasteiger partial charge on any atom is 0.154 e. The molecule has 0 amide bonds. The first-order valence-corrected chi connectivity index (χ1v) is 6.26. The lowest BCUT2D eigenvalue weighted by Gasteiger charge is -2.24. The van der Waals surface area contributed by atoms with E-state index in [1.807, 2.05) is 5.38 Å². The lowest BCUT2D eigenvalue weighted by molar-refractivity contribution is 0.215. The molecule has 0 fully saturated rings. The van der Waals surface area contributed by atoms with Crippen LogP contribution < -0.4 is 10.1 Å². The van der Waals surface area contributed by atoms with Gasteiger partial charge in [0.25, 0.3) is 0 Å². The first-order valence-electron chi connectivity index (χ1n) is 4.43. The highest BCUT2D eigenvalue weighted by atomic mass is 32.1. The highest BCUT2D eigenvalue weighted by Gasteiger charge is 2.21. The zero-order valence-corrected chi connectivity index (χ0v) is 9.03. The topological polar surface area (TPSA) is 21.3 Å². The summed E-state index contributed by atoms with van der Waals surface area (Å²) in [5.74, 6) is 0.986. The second-order valence-electron chi connectivity index (χ2n) is 3.15. The molecule has 3 heterocycles. The summed E-state index contributed by atoms with van der Waals surface area (Å²) < 4.78 is 5.87. The Morgan fingerprint density at radius 2 is 2.43 bits per heavy atom. The van der Waals surface area contributed by atoms with E-state index in [4.69, 9.17) is 4.74 Å². The first kappa shape index (κ1) is 8.32. The standard InChI is InChI=1S/C10H9NOS2/c1-2-10(14-3-1)8-4-11-7-5-13-6-9(7)12-8/h1-3,5-6,8,11H,4H2. The summed E-state index contributed by atoms with van der Waals surface area (Å²) in [6, 6.07) is 4.18. The molecule has 3 rings (SSSR count). The van der Waals surface area contributed by atoms with Gasteiger partial charge in [-0.2, -0.15) is 0 Å². The zero-order chi connectivity index (χ0) is 9.38. The van der Waals surface area contributed by atoms with E-state index in [2.05, 4.69) is 28.2 Å². The summed E-state index contributed by atoms with van der Waals surface area (Å²) in [5, 5.41) is 9.59. The molecular formula is C10H9NOS2. The molecule has 1 aliphatic heterocycles. The number of anilines is 1. The number of hydrogen-bond donors (Lipinski definition) is 1. The van der Waals surface area contributed by atoms with Gasteiger partial charge in [-0.1, -0.05) is 6.07 Å². The van der Waals surface area contributed by atoms with Gasteiger partial charge in [0.15, 0.2) is 11.9 Å². The highest BCUT2D eigenvalue weighted by molar-refractivity contribution is 7.10. The quantitative estimate of drug-likeness (QED) is 0.800. The molecule has 0 radical (unpaired) electrons. The van der Waals surface area contributed by atoms with E-state index in [9.17, 15) is 0 Å². The van der Waals surface area contributed by atoms with E-state index >= 15 is 0 Å². The minimum Gasteiger partial charge on any atom is -0.480 e. The van der Waals surface area contributed by atoms with Gasteiger partial charge in [-0.3, -0.25) is 0 Å². The van der Waals surface area contributed by atoms with Crippen molar-refractivity contribution in [2.75, 3.05) is 11.9 Å². The number of thiophene rings is 2. The molecule has 1 N–H and O–H groups in total. The Morgan fingerprint density at radius 1 is 1.43 bits per heavy atom. The lowest BCUT2D eigenvalue weighted by atomic mass is 10.2. The minimum absolute atomic E-state index is 0.178. The summed E-state index contributed by atoms with van der Waals surface area (Å²) in [6.45, 7) is 0.865. The Kier molecular flexibility index (Phi) is 1.96. The molecule has 1 aliphatic rings. The maximum absolute atomic E-state index is 5.87. The molecule has 0 aromatic carbocycles. The Morgan fingerprint density at radius 3 is 3.29 bits per heavy atom. The normalized spacial score (nSPS) is 19.6. The highest BCUT2D eigenvalue weighted by Crippen LogP contribution is 2.37. The molecular weight excluding hydrogens is 214 g/mol. The molecule has 2 aromatic heterocycles. The third-order valence-electron chi connectivity index (χ3n) is 2.23. The molecule has 72 valence electrons. The summed E-state index contributed by atoms with van der Waals surface area (Å²) in [4.78, 5) is 1.29. The maximum atomic E-state index is 5.87. The van der Waals surface area contributed by atoms with E-state index in [-0.39, 0.29) is 6.10 Å². The molecule has 14 heavy (non-hydrogen) atoms. The van der Waals surface area contributed by atoms with Crippen LogP contribution in [0.15, 0.2) is 28.3 Å². The Hall–Kier alpha value is -1.00. The van der Waals surface area contributed by atoms with Crippen molar-refractivity contribution in [3.63, 3.8) is 0 Å². The smallest absolute Gasteiger partial charge is 0.154 e. The van der Waals surface area contributed by atoms with Crippen LogP contribution >= 0.6 is 22.7 Å². The fourth-order valence-electron chi connectivity index (χ4n) is 1.54. The van der Waals surface area contributed by atoms with Crippen molar-refractivity contribution in [3.05, 3.63) is 33.2 Å². The Labute approximate surface area is 90.2 Å². The van der Waals surface area contributed by atoms with Gasteiger partial charge >= 0.3 is 0 Å². The van der Waals surface area contributed by atoms with Crippen molar-refractivity contribution < 1.29 is 4.74 Å². The SMILES string of the molecule is c1csc(C2CNc3cscc3O2)c1. The van der Waals surface area contributed by atoms with Crippen LogP contribution in [-0.2, 0) is 0 Å². The van der Waals surface area contributed by atoms with Crippen molar-refractivity contribution in [2.45, 2.75) is 6.10 Å². The fraction of sp³-hybridized carbons (Fsp3) is 0.200. The predicted octanol–water partition coefficient (Wildman–Crippen LogP) is 3.36. The predicted molar refractivity (Wildman–Crippen MR) is 60.5 cm³/mol. The minimum atomic E-state index is 0.178. The number of fused-ring (bicyclic) bond motifs is 1. The van der Waals surface area contributed by atoms with Gasteiger partial charge in [-0.25, -0.2) is 0 Å². The van der Waals surface area contributed by atoms with E-state index in [0.717, 1.165) is 18.0 Å². The number of rotatable bonds is 1. The van der Waals surface area contributed by atoms with Crippen LogP contribution in [0.4, 0.5) is 5.69 Å². The summed E-state index contributed by atoms with van der Waals surface area (Å²) in [5.41, 5.74) is 1.13. The van der Waals surface area contributed by atoms with E-state index < -0.39 is 0 Å².